The van der Waals surface area contributed by atoms with Gasteiger partial charge in [-0.2, -0.15) is 4.31 Å². The number of nitrogens with one attached hydrogen (secondary N) is 1. The topological polar surface area (TPSA) is 92.3 Å². The highest BCUT2D eigenvalue weighted by Gasteiger charge is 2.35. The van der Waals surface area contributed by atoms with E-state index in [1.54, 1.807) is 16.4 Å². The van der Waals surface area contributed by atoms with Crippen molar-refractivity contribution in [2.75, 3.05) is 5.32 Å². The number of piperidine rings is 1. The summed E-state index contributed by atoms with van der Waals surface area (Å²) in [5, 5.41) is 2.68. The third-order valence-corrected chi connectivity index (χ3v) is 6.74. The van der Waals surface area contributed by atoms with Crippen LogP contribution < -0.4 is 5.32 Å². The maximum absolute atomic E-state index is 13.0. The average molecular weight is 374 g/mol. The molecule has 8 heteroatoms. The standard InChI is InChI=1S/C18H22N4O3S/c1-13-4-3-5-14(2)22(13)26(24,25)16-8-6-15(7-9-16)21-18(23)17-12-19-10-11-20-17/h6-14H,3-5H2,1-2H3,(H,21,23)/t13-,14+. The Labute approximate surface area is 153 Å². The number of rotatable bonds is 4. The van der Waals surface area contributed by atoms with Crippen LogP contribution in [0.1, 0.15) is 43.6 Å². The molecule has 0 unspecified atom stereocenters. The summed E-state index contributed by atoms with van der Waals surface area (Å²) < 4.78 is 27.6. The first-order chi connectivity index (χ1) is 12.4. The zero-order valence-electron chi connectivity index (χ0n) is 14.8. The van der Waals surface area contributed by atoms with Crippen molar-refractivity contribution in [3.05, 3.63) is 48.5 Å². The number of benzene rings is 1. The molecule has 0 spiro atoms. The van der Waals surface area contributed by atoms with Crippen LogP contribution >= 0.6 is 0 Å². The van der Waals surface area contributed by atoms with Crippen molar-refractivity contribution in [2.45, 2.75) is 50.1 Å². The summed E-state index contributed by atoms with van der Waals surface area (Å²) in [5.41, 5.74) is 0.694. The van der Waals surface area contributed by atoms with Crippen molar-refractivity contribution in [1.29, 1.82) is 0 Å². The summed E-state index contributed by atoms with van der Waals surface area (Å²) in [6, 6.07) is 6.19. The highest BCUT2D eigenvalue weighted by Crippen LogP contribution is 2.29. The molecule has 0 aliphatic carbocycles. The number of anilines is 1. The van der Waals surface area contributed by atoms with Gasteiger partial charge in [0.15, 0.2) is 0 Å². The molecule has 138 valence electrons. The minimum absolute atomic E-state index is 0.0141. The van der Waals surface area contributed by atoms with Crippen LogP contribution in [0.4, 0.5) is 5.69 Å². The van der Waals surface area contributed by atoms with Crippen molar-refractivity contribution in [3.8, 4) is 0 Å². The molecule has 1 aliphatic rings. The zero-order chi connectivity index (χ0) is 18.7. The Morgan fingerprint density at radius 1 is 1.12 bits per heavy atom. The third kappa shape index (κ3) is 3.76. The van der Waals surface area contributed by atoms with Crippen molar-refractivity contribution >= 4 is 21.6 Å². The monoisotopic (exact) mass is 374 g/mol. The van der Waals surface area contributed by atoms with Crippen molar-refractivity contribution in [3.63, 3.8) is 0 Å². The van der Waals surface area contributed by atoms with Gasteiger partial charge < -0.3 is 5.32 Å². The molecule has 1 aromatic heterocycles. The maximum Gasteiger partial charge on any atom is 0.275 e. The van der Waals surface area contributed by atoms with Gasteiger partial charge >= 0.3 is 0 Å². The molecule has 1 aromatic carbocycles. The Morgan fingerprint density at radius 2 is 1.77 bits per heavy atom. The SMILES string of the molecule is C[C@@H]1CCC[C@H](C)N1S(=O)(=O)c1ccc(NC(=O)c2cnccn2)cc1. The summed E-state index contributed by atoms with van der Waals surface area (Å²) in [7, 11) is -3.56. The van der Waals surface area contributed by atoms with Crippen molar-refractivity contribution in [2.24, 2.45) is 0 Å². The van der Waals surface area contributed by atoms with E-state index in [4.69, 9.17) is 0 Å². The highest BCUT2D eigenvalue weighted by molar-refractivity contribution is 7.89. The molecule has 7 nitrogen and oxygen atoms in total. The fraction of sp³-hybridized carbons (Fsp3) is 0.389. The molecule has 2 aromatic rings. The quantitative estimate of drug-likeness (QED) is 0.888. The second-order valence-electron chi connectivity index (χ2n) is 6.53. The van der Waals surface area contributed by atoms with E-state index in [0.29, 0.717) is 5.69 Å². The second kappa shape index (κ2) is 7.51. The van der Waals surface area contributed by atoms with Gasteiger partial charge in [0.25, 0.3) is 5.91 Å². The Morgan fingerprint density at radius 3 is 2.35 bits per heavy atom. The summed E-state index contributed by atoms with van der Waals surface area (Å²) in [6.45, 7) is 3.89. The first-order valence-electron chi connectivity index (χ1n) is 8.60. The summed E-state index contributed by atoms with van der Waals surface area (Å²) in [6.07, 6.45) is 7.07. The van der Waals surface area contributed by atoms with E-state index in [0.717, 1.165) is 19.3 Å². The lowest BCUT2D eigenvalue weighted by Crippen LogP contribution is -2.47. The van der Waals surface area contributed by atoms with E-state index in [1.807, 2.05) is 13.8 Å². The molecule has 1 saturated heterocycles. The predicted molar refractivity (Wildman–Crippen MR) is 98.2 cm³/mol. The van der Waals surface area contributed by atoms with Crippen LogP contribution in [0, 0.1) is 0 Å². The number of amides is 1. The van der Waals surface area contributed by atoms with Crippen LogP contribution in [-0.2, 0) is 10.0 Å². The van der Waals surface area contributed by atoms with Gasteiger partial charge in [0.1, 0.15) is 5.69 Å². The van der Waals surface area contributed by atoms with E-state index in [2.05, 4.69) is 15.3 Å². The lowest BCUT2D eigenvalue weighted by Gasteiger charge is -2.37. The molecule has 1 aliphatic heterocycles. The third-order valence-electron chi connectivity index (χ3n) is 4.60. The molecule has 26 heavy (non-hydrogen) atoms. The Kier molecular flexibility index (Phi) is 5.33. The molecular formula is C18H22N4O3S. The number of hydrogen-bond donors (Lipinski definition) is 1. The van der Waals surface area contributed by atoms with E-state index in [-0.39, 0.29) is 22.7 Å². The Balaban J connectivity index is 1.77. The number of hydrogen-bond acceptors (Lipinski definition) is 5. The van der Waals surface area contributed by atoms with Crippen molar-refractivity contribution in [1.82, 2.24) is 14.3 Å². The number of nitrogens with zero attached hydrogens (tertiary/aromatic N) is 3. The Bertz CT molecular complexity index is 859. The molecule has 1 N–H and O–H groups in total. The largest absolute Gasteiger partial charge is 0.321 e. The number of carbonyl (C=O) groups is 1. The van der Waals surface area contributed by atoms with Gasteiger partial charge in [-0.15, -0.1) is 0 Å². The van der Waals surface area contributed by atoms with Gasteiger partial charge in [-0.05, 0) is 51.0 Å². The van der Waals surface area contributed by atoms with E-state index < -0.39 is 15.9 Å². The summed E-state index contributed by atoms with van der Waals surface area (Å²) >= 11 is 0. The molecule has 0 radical (unpaired) electrons. The van der Waals surface area contributed by atoms with Crippen molar-refractivity contribution < 1.29 is 13.2 Å². The summed E-state index contributed by atoms with van der Waals surface area (Å²) in [5.74, 6) is -0.396. The average Bonchev–Trinajstić information content (AvgIpc) is 2.62. The van der Waals surface area contributed by atoms with E-state index >= 15 is 0 Å². The molecule has 3 rings (SSSR count). The number of carbonyl (C=O) groups excluding carboxylic acids is 1. The maximum atomic E-state index is 13.0. The van der Waals surface area contributed by atoms with Gasteiger partial charge in [0, 0.05) is 30.2 Å². The smallest absolute Gasteiger partial charge is 0.275 e. The minimum Gasteiger partial charge on any atom is -0.321 e. The molecule has 2 atom stereocenters. The number of aromatic nitrogens is 2. The van der Waals surface area contributed by atoms with Gasteiger partial charge in [-0.25, -0.2) is 13.4 Å². The highest BCUT2D eigenvalue weighted by atomic mass is 32.2. The molecule has 1 amide bonds. The van der Waals surface area contributed by atoms with Crippen LogP contribution in [0.5, 0.6) is 0 Å². The zero-order valence-corrected chi connectivity index (χ0v) is 15.6. The van der Waals surface area contributed by atoms with Crippen LogP contribution in [0.25, 0.3) is 0 Å². The molecular weight excluding hydrogens is 352 g/mol. The molecule has 0 saturated carbocycles. The second-order valence-corrected chi connectivity index (χ2v) is 8.38. The van der Waals surface area contributed by atoms with Gasteiger partial charge in [0.2, 0.25) is 10.0 Å². The van der Waals surface area contributed by atoms with Gasteiger partial charge in [-0.3, -0.25) is 9.78 Å². The van der Waals surface area contributed by atoms with Gasteiger partial charge in [-0.1, -0.05) is 6.42 Å². The molecule has 0 bridgehead atoms. The van der Waals surface area contributed by atoms with E-state index in [9.17, 15) is 13.2 Å². The van der Waals surface area contributed by atoms with Gasteiger partial charge in [0.05, 0.1) is 11.1 Å². The van der Waals surface area contributed by atoms with E-state index in [1.165, 1.54) is 30.7 Å². The first-order valence-corrected chi connectivity index (χ1v) is 10.0. The first kappa shape index (κ1) is 18.5. The Hall–Kier alpha value is -2.32. The molecule has 2 heterocycles. The fourth-order valence-electron chi connectivity index (χ4n) is 3.31. The lowest BCUT2D eigenvalue weighted by molar-refractivity contribution is 0.102. The summed E-state index contributed by atoms with van der Waals surface area (Å²) in [4.78, 5) is 20.1. The normalized spacial score (nSPS) is 21.3. The molecule has 1 fully saturated rings. The van der Waals surface area contributed by atoms with Crippen LogP contribution in [0.2, 0.25) is 0 Å². The fourth-order valence-corrected chi connectivity index (χ4v) is 5.20. The van der Waals surface area contributed by atoms with Crippen LogP contribution in [0.15, 0.2) is 47.8 Å². The number of sulfonamides is 1. The lowest BCUT2D eigenvalue weighted by atomic mass is 10.0. The predicted octanol–water partition coefficient (Wildman–Crippen LogP) is 2.68. The van der Waals surface area contributed by atoms with Crippen LogP contribution in [0.3, 0.4) is 0 Å². The minimum atomic E-state index is -3.56. The van der Waals surface area contributed by atoms with Crippen LogP contribution in [-0.4, -0.2) is 40.7 Å².